The first-order valence-corrected chi connectivity index (χ1v) is 11.9. The van der Waals surface area contributed by atoms with Gasteiger partial charge in [0.05, 0.1) is 6.04 Å². The number of carboxylic acids is 1. The molecule has 0 aromatic heterocycles. The number of carboxylic acid groups (broad SMARTS) is 1. The van der Waals surface area contributed by atoms with E-state index in [1.165, 1.54) is 0 Å². The second-order valence-corrected chi connectivity index (χ2v) is 9.06. The Morgan fingerprint density at radius 2 is 1.44 bits per heavy atom. The Morgan fingerprint density at radius 1 is 0.861 bits per heavy atom. The van der Waals surface area contributed by atoms with E-state index in [4.69, 9.17) is 22.9 Å². The van der Waals surface area contributed by atoms with Crippen LogP contribution in [0.1, 0.15) is 59.8 Å². The van der Waals surface area contributed by atoms with Crippen molar-refractivity contribution in [3.63, 3.8) is 0 Å². The predicted octanol–water partition coefficient (Wildman–Crippen LogP) is -2.13. The largest absolute Gasteiger partial charge is 0.480 e. The number of carbonyl (C=O) groups is 5. The van der Waals surface area contributed by atoms with E-state index in [-0.39, 0.29) is 50.0 Å². The molecule has 0 heterocycles. The number of nitrogens with zero attached hydrogens (tertiary/aromatic N) is 1. The van der Waals surface area contributed by atoms with Crippen LogP contribution in [0.2, 0.25) is 0 Å². The molecule has 0 saturated carbocycles. The fourth-order valence-electron chi connectivity index (χ4n) is 3.10. The summed E-state index contributed by atoms with van der Waals surface area (Å²) in [6.45, 7) is 7.33. The van der Waals surface area contributed by atoms with Crippen molar-refractivity contribution in [3.05, 3.63) is 0 Å². The number of guanidine groups is 1. The smallest absolute Gasteiger partial charge is 0.326 e. The number of hydrogen-bond acceptors (Lipinski definition) is 7. The first kappa shape index (κ1) is 32.6. The molecule has 14 heteroatoms. The quantitative estimate of drug-likeness (QED) is 0.0598. The minimum absolute atomic E-state index is 0.0726. The van der Waals surface area contributed by atoms with Gasteiger partial charge in [-0.1, -0.05) is 34.1 Å². The van der Waals surface area contributed by atoms with Crippen molar-refractivity contribution in [3.8, 4) is 0 Å². The SMILES string of the molecule is CCC(C)C(NC(=O)C(N)C(C)C)C(=O)NC(CCCN=C(N)N)C(=O)NC(CCC(N)=O)C(=O)O. The van der Waals surface area contributed by atoms with Gasteiger partial charge in [-0.25, -0.2) is 4.79 Å². The lowest BCUT2D eigenvalue weighted by molar-refractivity contribution is -0.142. The number of nitrogens with one attached hydrogen (secondary N) is 3. The second kappa shape index (κ2) is 16.3. The third kappa shape index (κ3) is 12.3. The Bertz CT molecular complexity index is 799. The molecule has 4 amide bonds. The number of nitrogens with two attached hydrogens (primary N) is 4. The Kier molecular flexibility index (Phi) is 14.7. The van der Waals surface area contributed by atoms with Crippen molar-refractivity contribution in [1.29, 1.82) is 0 Å². The van der Waals surface area contributed by atoms with Crippen LogP contribution < -0.4 is 38.9 Å². The zero-order valence-corrected chi connectivity index (χ0v) is 21.5. The van der Waals surface area contributed by atoms with Gasteiger partial charge in [0.15, 0.2) is 5.96 Å². The van der Waals surface area contributed by atoms with Crippen LogP contribution in [0.4, 0.5) is 0 Å². The molecule has 0 aromatic rings. The summed E-state index contributed by atoms with van der Waals surface area (Å²) in [6.07, 6.45) is 0.433. The molecule has 5 unspecified atom stereocenters. The zero-order valence-electron chi connectivity index (χ0n) is 21.5. The molecule has 0 bridgehead atoms. The van der Waals surface area contributed by atoms with Crippen LogP contribution in [-0.4, -0.2) is 71.4 Å². The highest BCUT2D eigenvalue weighted by atomic mass is 16.4. The maximum absolute atomic E-state index is 13.2. The molecule has 0 spiro atoms. The summed E-state index contributed by atoms with van der Waals surface area (Å²) in [7, 11) is 0. The normalized spacial score (nSPS) is 15.1. The number of amides is 4. The number of carbonyl (C=O) groups excluding carboxylic acids is 4. The van der Waals surface area contributed by atoms with E-state index >= 15 is 0 Å². The summed E-state index contributed by atoms with van der Waals surface area (Å²) in [5.41, 5.74) is 21.6. The van der Waals surface area contributed by atoms with Crippen LogP contribution >= 0.6 is 0 Å². The molecule has 0 aliphatic heterocycles. The lowest BCUT2D eigenvalue weighted by atomic mass is 9.96. The fraction of sp³-hybridized carbons (Fsp3) is 0.727. The van der Waals surface area contributed by atoms with Gasteiger partial charge in [0.2, 0.25) is 23.6 Å². The van der Waals surface area contributed by atoms with Gasteiger partial charge in [0.1, 0.15) is 18.1 Å². The molecular weight excluding hydrogens is 472 g/mol. The molecule has 5 atom stereocenters. The Morgan fingerprint density at radius 3 is 1.92 bits per heavy atom. The van der Waals surface area contributed by atoms with Crippen LogP contribution in [0.3, 0.4) is 0 Å². The topological polar surface area (TPSA) is 258 Å². The van der Waals surface area contributed by atoms with Crippen LogP contribution in [0, 0.1) is 11.8 Å². The standard InChI is InChI=1S/C22H42N8O6/c1-5-12(4)17(30-19(33)16(24)11(2)3)20(34)28-13(7-6-10-27-22(25)26)18(32)29-14(21(35)36)8-9-15(23)31/h11-14,16-17H,5-10,24H2,1-4H3,(H2,23,31)(H,28,34)(H,29,32)(H,30,33)(H,35,36)(H4,25,26,27). The van der Waals surface area contributed by atoms with Crippen LogP contribution in [0.15, 0.2) is 4.99 Å². The van der Waals surface area contributed by atoms with Crippen molar-refractivity contribution < 1.29 is 29.1 Å². The Hall–Kier alpha value is -3.42. The summed E-state index contributed by atoms with van der Waals surface area (Å²) in [4.78, 5) is 65.1. The van der Waals surface area contributed by atoms with E-state index in [2.05, 4.69) is 20.9 Å². The first-order chi connectivity index (χ1) is 16.7. The van der Waals surface area contributed by atoms with E-state index in [0.717, 1.165) is 0 Å². The van der Waals surface area contributed by atoms with Gasteiger partial charge in [-0.2, -0.15) is 0 Å². The van der Waals surface area contributed by atoms with Crippen LogP contribution in [-0.2, 0) is 24.0 Å². The monoisotopic (exact) mass is 514 g/mol. The summed E-state index contributed by atoms with van der Waals surface area (Å²) < 4.78 is 0. The van der Waals surface area contributed by atoms with Crippen LogP contribution in [0.25, 0.3) is 0 Å². The Balaban J connectivity index is 5.71. The third-order valence-corrected chi connectivity index (χ3v) is 5.69. The Labute approximate surface area is 211 Å². The van der Waals surface area contributed by atoms with Crippen molar-refractivity contribution in [2.45, 2.75) is 84.0 Å². The number of primary amides is 1. The van der Waals surface area contributed by atoms with Gasteiger partial charge in [-0.05, 0) is 31.1 Å². The van der Waals surface area contributed by atoms with E-state index in [9.17, 15) is 29.1 Å². The summed E-state index contributed by atoms with van der Waals surface area (Å²) >= 11 is 0. The highest BCUT2D eigenvalue weighted by Gasteiger charge is 2.32. The average Bonchev–Trinajstić information content (AvgIpc) is 2.79. The molecule has 0 aliphatic rings. The highest BCUT2D eigenvalue weighted by Crippen LogP contribution is 2.11. The highest BCUT2D eigenvalue weighted by molar-refractivity contribution is 5.94. The van der Waals surface area contributed by atoms with Gasteiger partial charge in [0.25, 0.3) is 0 Å². The second-order valence-electron chi connectivity index (χ2n) is 9.06. The predicted molar refractivity (Wildman–Crippen MR) is 134 cm³/mol. The fourth-order valence-corrected chi connectivity index (χ4v) is 3.10. The maximum atomic E-state index is 13.2. The molecule has 36 heavy (non-hydrogen) atoms. The van der Waals surface area contributed by atoms with E-state index in [0.29, 0.717) is 6.42 Å². The molecule has 0 fully saturated rings. The first-order valence-electron chi connectivity index (χ1n) is 11.9. The molecule has 0 aliphatic carbocycles. The molecule has 0 radical (unpaired) electrons. The van der Waals surface area contributed by atoms with Gasteiger partial charge in [0, 0.05) is 13.0 Å². The molecule has 0 aromatic carbocycles. The lowest BCUT2D eigenvalue weighted by Gasteiger charge is -2.28. The minimum Gasteiger partial charge on any atom is -0.480 e. The van der Waals surface area contributed by atoms with Gasteiger partial charge >= 0.3 is 5.97 Å². The number of aliphatic carboxylic acids is 1. The average molecular weight is 515 g/mol. The summed E-state index contributed by atoms with van der Waals surface area (Å²) in [5, 5.41) is 17.0. The van der Waals surface area contributed by atoms with Crippen molar-refractivity contribution in [1.82, 2.24) is 16.0 Å². The summed E-state index contributed by atoms with van der Waals surface area (Å²) in [5.74, 6) is -4.58. The van der Waals surface area contributed by atoms with E-state index in [1.54, 1.807) is 20.8 Å². The molecule has 14 nitrogen and oxygen atoms in total. The molecule has 0 rings (SSSR count). The van der Waals surface area contributed by atoms with Gasteiger partial charge in [-0.15, -0.1) is 0 Å². The van der Waals surface area contributed by atoms with Crippen molar-refractivity contribution in [2.75, 3.05) is 6.54 Å². The zero-order chi connectivity index (χ0) is 28.0. The van der Waals surface area contributed by atoms with E-state index in [1.807, 2.05) is 6.92 Å². The number of aliphatic imine (C=N–C) groups is 1. The lowest BCUT2D eigenvalue weighted by Crippen LogP contribution is -2.59. The third-order valence-electron chi connectivity index (χ3n) is 5.69. The number of hydrogen-bond donors (Lipinski definition) is 8. The molecule has 12 N–H and O–H groups in total. The van der Waals surface area contributed by atoms with Gasteiger partial charge < -0.3 is 44.0 Å². The molecule has 206 valence electrons. The van der Waals surface area contributed by atoms with E-state index < -0.39 is 53.8 Å². The molecule has 0 saturated heterocycles. The van der Waals surface area contributed by atoms with Crippen molar-refractivity contribution >= 4 is 35.6 Å². The number of rotatable bonds is 17. The molecular formula is C22H42N8O6. The van der Waals surface area contributed by atoms with Crippen molar-refractivity contribution in [2.24, 2.45) is 39.8 Å². The minimum atomic E-state index is -1.39. The van der Waals surface area contributed by atoms with Gasteiger partial charge in [-0.3, -0.25) is 24.2 Å². The summed E-state index contributed by atoms with van der Waals surface area (Å²) in [6, 6.07) is -4.37. The van der Waals surface area contributed by atoms with Crippen LogP contribution in [0.5, 0.6) is 0 Å². The maximum Gasteiger partial charge on any atom is 0.326 e.